The SMILES string of the molecule is CCCCCCCCO[C@@H]1O[C@@H](CO)[C@H](O)[C@H](O)[C@@H]1NC(C)=O. The van der Waals surface area contributed by atoms with Gasteiger partial charge in [0, 0.05) is 13.5 Å². The van der Waals surface area contributed by atoms with E-state index < -0.39 is 37.3 Å². The minimum Gasteiger partial charge on any atom is -0.394 e. The molecule has 0 aromatic heterocycles. The summed E-state index contributed by atoms with van der Waals surface area (Å²) in [5.74, 6) is -0.347. The van der Waals surface area contributed by atoms with E-state index in [0.29, 0.717) is 6.61 Å². The lowest BCUT2D eigenvalue weighted by atomic mass is 9.97. The van der Waals surface area contributed by atoms with Gasteiger partial charge in [0.25, 0.3) is 0 Å². The van der Waals surface area contributed by atoms with Crippen LogP contribution in [0.1, 0.15) is 52.4 Å². The monoisotopic (exact) mass is 333 g/mol. The summed E-state index contributed by atoms with van der Waals surface area (Å²) >= 11 is 0. The van der Waals surface area contributed by atoms with Gasteiger partial charge in [-0.05, 0) is 6.42 Å². The maximum absolute atomic E-state index is 11.3. The van der Waals surface area contributed by atoms with Crippen molar-refractivity contribution in [3.63, 3.8) is 0 Å². The predicted molar refractivity (Wildman–Crippen MR) is 84.7 cm³/mol. The molecule has 1 saturated heterocycles. The lowest BCUT2D eigenvalue weighted by molar-refractivity contribution is -0.270. The maximum Gasteiger partial charge on any atom is 0.217 e. The van der Waals surface area contributed by atoms with Crippen molar-refractivity contribution in [2.24, 2.45) is 0 Å². The summed E-state index contributed by atoms with van der Waals surface area (Å²) in [5.41, 5.74) is 0. The fourth-order valence-electron chi connectivity index (χ4n) is 2.69. The lowest BCUT2D eigenvalue weighted by Gasteiger charge is -2.42. The number of amides is 1. The molecule has 7 heteroatoms. The van der Waals surface area contributed by atoms with Crippen LogP contribution in [0.3, 0.4) is 0 Å². The van der Waals surface area contributed by atoms with Crippen LogP contribution in [0.25, 0.3) is 0 Å². The first kappa shape index (κ1) is 20.3. The third-order valence-electron chi connectivity index (χ3n) is 4.03. The molecule has 0 saturated carbocycles. The van der Waals surface area contributed by atoms with Gasteiger partial charge in [0.15, 0.2) is 6.29 Å². The van der Waals surface area contributed by atoms with E-state index >= 15 is 0 Å². The molecule has 1 fully saturated rings. The number of rotatable bonds is 10. The molecule has 0 aromatic rings. The van der Waals surface area contributed by atoms with E-state index in [0.717, 1.165) is 19.3 Å². The van der Waals surface area contributed by atoms with Crippen LogP contribution >= 0.6 is 0 Å². The minimum absolute atomic E-state index is 0.347. The first-order valence-electron chi connectivity index (χ1n) is 8.52. The molecular formula is C16H31NO6. The highest BCUT2D eigenvalue weighted by atomic mass is 16.7. The van der Waals surface area contributed by atoms with Gasteiger partial charge in [-0.3, -0.25) is 4.79 Å². The Morgan fingerprint density at radius 2 is 1.78 bits per heavy atom. The Balaban J connectivity index is 2.45. The molecule has 7 nitrogen and oxygen atoms in total. The Morgan fingerprint density at radius 1 is 1.13 bits per heavy atom. The Bertz CT molecular complexity index is 341. The Morgan fingerprint density at radius 3 is 2.39 bits per heavy atom. The molecule has 1 amide bonds. The van der Waals surface area contributed by atoms with Crippen molar-refractivity contribution in [1.82, 2.24) is 5.32 Å². The third kappa shape index (κ3) is 6.73. The van der Waals surface area contributed by atoms with Crippen molar-refractivity contribution in [3.8, 4) is 0 Å². The van der Waals surface area contributed by atoms with Crippen molar-refractivity contribution in [3.05, 3.63) is 0 Å². The average Bonchev–Trinajstić information content (AvgIpc) is 2.52. The second kappa shape index (κ2) is 10.9. The van der Waals surface area contributed by atoms with Gasteiger partial charge in [0.2, 0.25) is 5.91 Å². The average molecular weight is 333 g/mol. The highest BCUT2D eigenvalue weighted by Gasteiger charge is 2.45. The number of aliphatic hydroxyl groups is 3. The molecule has 0 radical (unpaired) electrons. The van der Waals surface area contributed by atoms with E-state index in [2.05, 4.69) is 12.2 Å². The van der Waals surface area contributed by atoms with Crippen LogP contribution in [0, 0.1) is 0 Å². The van der Waals surface area contributed by atoms with Crippen LogP contribution in [-0.4, -0.2) is 65.1 Å². The number of hydrogen-bond donors (Lipinski definition) is 4. The van der Waals surface area contributed by atoms with Gasteiger partial charge >= 0.3 is 0 Å². The Hall–Kier alpha value is -0.730. The molecule has 1 heterocycles. The van der Waals surface area contributed by atoms with Crippen LogP contribution in [0.4, 0.5) is 0 Å². The molecule has 0 aliphatic carbocycles. The first-order valence-corrected chi connectivity index (χ1v) is 8.52. The standard InChI is InChI=1S/C16H31NO6/c1-3-4-5-6-7-8-9-22-16-13(17-11(2)19)15(21)14(20)12(10-18)23-16/h12-16,18,20-21H,3-10H2,1-2H3,(H,17,19)/t12-,13-,14-,15+,16+/m0/s1. The molecule has 1 aliphatic rings. The molecule has 23 heavy (non-hydrogen) atoms. The zero-order chi connectivity index (χ0) is 17.2. The summed E-state index contributed by atoms with van der Waals surface area (Å²) in [5, 5.41) is 31.8. The van der Waals surface area contributed by atoms with Crippen LogP contribution in [0.15, 0.2) is 0 Å². The Labute approximate surface area is 138 Å². The summed E-state index contributed by atoms with van der Waals surface area (Å²) in [6.45, 7) is 3.50. The van der Waals surface area contributed by atoms with Gasteiger partial charge in [-0.1, -0.05) is 39.0 Å². The smallest absolute Gasteiger partial charge is 0.217 e. The lowest BCUT2D eigenvalue weighted by Crippen LogP contribution is -2.64. The molecule has 5 atom stereocenters. The number of carbonyl (C=O) groups is 1. The summed E-state index contributed by atoms with van der Waals surface area (Å²) in [4.78, 5) is 11.3. The van der Waals surface area contributed by atoms with Gasteiger partial charge < -0.3 is 30.1 Å². The predicted octanol–water partition coefficient (Wildman–Crippen LogP) is 0.307. The van der Waals surface area contributed by atoms with Crippen LogP contribution in [0.2, 0.25) is 0 Å². The summed E-state index contributed by atoms with van der Waals surface area (Å²) in [7, 11) is 0. The highest BCUT2D eigenvalue weighted by molar-refractivity contribution is 5.73. The zero-order valence-electron chi connectivity index (χ0n) is 14.1. The molecular weight excluding hydrogens is 302 g/mol. The quantitative estimate of drug-likeness (QED) is 0.429. The van der Waals surface area contributed by atoms with Gasteiger partial charge in [-0.15, -0.1) is 0 Å². The maximum atomic E-state index is 11.3. The fourth-order valence-corrected chi connectivity index (χ4v) is 2.69. The minimum atomic E-state index is -1.27. The first-order chi connectivity index (χ1) is 11.0. The van der Waals surface area contributed by atoms with E-state index in [1.807, 2.05) is 0 Å². The van der Waals surface area contributed by atoms with Crippen molar-refractivity contribution in [1.29, 1.82) is 0 Å². The largest absolute Gasteiger partial charge is 0.394 e. The van der Waals surface area contributed by atoms with E-state index in [1.54, 1.807) is 0 Å². The van der Waals surface area contributed by atoms with E-state index in [-0.39, 0.29) is 5.91 Å². The third-order valence-corrected chi connectivity index (χ3v) is 4.03. The van der Waals surface area contributed by atoms with Crippen LogP contribution in [0.5, 0.6) is 0 Å². The molecule has 0 spiro atoms. The van der Waals surface area contributed by atoms with Gasteiger partial charge in [-0.25, -0.2) is 0 Å². The van der Waals surface area contributed by atoms with Gasteiger partial charge in [0.1, 0.15) is 24.4 Å². The second-order valence-corrected chi connectivity index (χ2v) is 6.07. The van der Waals surface area contributed by atoms with Crippen LogP contribution in [-0.2, 0) is 14.3 Å². The molecule has 136 valence electrons. The number of aliphatic hydroxyl groups excluding tert-OH is 3. The normalized spacial score (nSPS) is 31.1. The van der Waals surface area contributed by atoms with Crippen molar-refractivity contribution in [2.75, 3.05) is 13.2 Å². The summed E-state index contributed by atoms with van der Waals surface area (Å²) in [6, 6.07) is -0.856. The topological polar surface area (TPSA) is 108 Å². The Kier molecular flexibility index (Phi) is 9.66. The summed E-state index contributed by atoms with van der Waals surface area (Å²) in [6.07, 6.45) is 2.37. The van der Waals surface area contributed by atoms with Gasteiger partial charge in [-0.2, -0.15) is 0 Å². The van der Waals surface area contributed by atoms with Crippen LogP contribution < -0.4 is 5.32 Å². The number of carbonyl (C=O) groups excluding carboxylic acids is 1. The fraction of sp³-hybridized carbons (Fsp3) is 0.938. The van der Waals surface area contributed by atoms with E-state index in [9.17, 15) is 20.1 Å². The zero-order valence-corrected chi connectivity index (χ0v) is 14.1. The van der Waals surface area contributed by atoms with E-state index in [1.165, 1.54) is 26.2 Å². The number of unbranched alkanes of at least 4 members (excludes halogenated alkanes) is 5. The second-order valence-electron chi connectivity index (χ2n) is 6.07. The van der Waals surface area contributed by atoms with Gasteiger partial charge in [0.05, 0.1) is 6.61 Å². The number of hydrogen-bond acceptors (Lipinski definition) is 6. The van der Waals surface area contributed by atoms with E-state index in [4.69, 9.17) is 9.47 Å². The molecule has 0 bridgehead atoms. The molecule has 0 aromatic carbocycles. The number of nitrogens with one attached hydrogen (secondary N) is 1. The highest BCUT2D eigenvalue weighted by Crippen LogP contribution is 2.22. The molecule has 1 aliphatic heterocycles. The molecule has 0 unspecified atom stereocenters. The molecule has 1 rings (SSSR count). The van der Waals surface area contributed by atoms with Crippen molar-refractivity contribution < 1.29 is 29.6 Å². The van der Waals surface area contributed by atoms with Crippen molar-refractivity contribution >= 4 is 5.91 Å². The molecule has 4 N–H and O–H groups in total. The summed E-state index contributed by atoms with van der Waals surface area (Å²) < 4.78 is 11.1. The number of ether oxygens (including phenoxy) is 2. The van der Waals surface area contributed by atoms with Crippen molar-refractivity contribution in [2.45, 2.75) is 83.0 Å².